The van der Waals surface area contributed by atoms with E-state index in [0.29, 0.717) is 12.2 Å². The van der Waals surface area contributed by atoms with Crippen LogP contribution in [0.15, 0.2) is 34.9 Å². The van der Waals surface area contributed by atoms with E-state index in [1.165, 1.54) is 6.07 Å². The van der Waals surface area contributed by atoms with Gasteiger partial charge in [0.1, 0.15) is 17.2 Å². The van der Waals surface area contributed by atoms with Gasteiger partial charge >= 0.3 is 6.18 Å². The summed E-state index contributed by atoms with van der Waals surface area (Å²) in [6.07, 6.45) is -1.27. The SMILES string of the molecule is CSCc1ccc(CNc2ccc(C(F)(F)F)nc2)o1. The highest BCUT2D eigenvalue weighted by Crippen LogP contribution is 2.27. The van der Waals surface area contributed by atoms with Crippen LogP contribution in [-0.2, 0) is 18.5 Å². The Morgan fingerprint density at radius 2 is 1.95 bits per heavy atom. The standard InChI is InChI=1S/C13H13F3N2OS/c1-20-8-11-4-3-10(19-11)7-17-9-2-5-12(18-6-9)13(14,15)16/h2-6,17H,7-8H2,1H3. The molecule has 7 heteroatoms. The maximum atomic E-state index is 12.3. The van der Waals surface area contributed by atoms with E-state index in [4.69, 9.17) is 4.42 Å². The van der Waals surface area contributed by atoms with E-state index in [2.05, 4.69) is 10.3 Å². The zero-order valence-corrected chi connectivity index (χ0v) is 11.5. The Hall–Kier alpha value is -1.63. The number of thioether (sulfide) groups is 1. The highest BCUT2D eigenvalue weighted by Gasteiger charge is 2.31. The zero-order valence-electron chi connectivity index (χ0n) is 10.7. The number of hydrogen-bond acceptors (Lipinski definition) is 4. The Kier molecular flexibility index (Phi) is 4.59. The van der Waals surface area contributed by atoms with E-state index >= 15 is 0 Å². The van der Waals surface area contributed by atoms with Gasteiger partial charge in [-0.25, -0.2) is 4.98 Å². The second-order valence-electron chi connectivity index (χ2n) is 4.08. The molecule has 2 rings (SSSR count). The average molecular weight is 302 g/mol. The summed E-state index contributed by atoms with van der Waals surface area (Å²) in [5.41, 5.74) is -0.385. The van der Waals surface area contributed by atoms with Gasteiger partial charge in [0, 0.05) is 0 Å². The minimum Gasteiger partial charge on any atom is -0.463 e. The lowest BCUT2D eigenvalue weighted by Gasteiger charge is -2.07. The molecule has 0 atom stereocenters. The summed E-state index contributed by atoms with van der Waals surface area (Å²) in [4.78, 5) is 3.38. The van der Waals surface area contributed by atoms with Crippen molar-refractivity contribution in [3.05, 3.63) is 47.7 Å². The van der Waals surface area contributed by atoms with Crippen molar-refractivity contribution in [2.45, 2.75) is 18.5 Å². The van der Waals surface area contributed by atoms with Gasteiger partial charge in [0.2, 0.25) is 0 Å². The third kappa shape index (κ3) is 3.93. The van der Waals surface area contributed by atoms with Crippen LogP contribution in [0, 0.1) is 0 Å². The van der Waals surface area contributed by atoms with E-state index in [0.717, 1.165) is 29.5 Å². The molecule has 0 fully saturated rings. The predicted octanol–water partition coefficient (Wildman–Crippen LogP) is 4.17. The molecule has 1 N–H and O–H groups in total. The molecule has 0 amide bonds. The first-order valence-corrected chi connectivity index (χ1v) is 7.22. The molecule has 0 radical (unpaired) electrons. The first-order chi connectivity index (χ1) is 9.49. The summed E-state index contributed by atoms with van der Waals surface area (Å²) in [6, 6.07) is 6.03. The van der Waals surface area contributed by atoms with Crippen LogP contribution in [0.2, 0.25) is 0 Å². The van der Waals surface area contributed by atoms with Crippen LogP contribution >= 0.6 is 11.8 Å². The van der Waals surface area contributed by atoms with Crippen LogP contribution in [0.5, 0.6) is 0 Å². The van der Waals surface area contributed by atoms with Crippen LogP contribution in [-0.4, -0.2) is 11.2 Å². The number of furan rings is 1. The van der Waals surface area contributed by atoms with Crippen LogP contribution in [0.25, 0.3) is 0 Å². The third-order valence-corrected chi connectivity index (χ3v) is 3.10. The van der Waals surface area contributed by atoms with Crippen molar-refractivity contribution >= 4 is 17.4 Å². The second kappa shape index (κ2) is 6.21. The number of anilines is 1. The van der Waals surface area contributed by atoms with Gasteiger partial charge < -0.3 is 9.73 Å². The molecule has 0 bridgehead atoms. The first-order valence-electron chi connectivity index (χ1n) is 5.82. The molecule has 0 aliphatic rings. The monoisotopic (exact) mass is 302 g/mol. The Bertz CT molecular complexity index is 551. The molecule has 0 saturated heterocycles. The molecule has 0 aliphatic heterocycles. The normalized spacial score (nSPS) is 11.6. The number of rotatable bonds is 5. The Morgan fingerprint density at radius 1 is 1.20 bits per heavy atom. The molecule has 20 heavy (non-hydrogen) atoms. The molecule has 0 spiro atoms. The van der Waals surface area contributed by atoms with E-state index in [-0.39, 0.29) is 0 Å². The van der Waals surface area contributed by atoms with Gasteiger partial charge in [0.15, 0.2) is 0 Å². The molecule has 2 aromatic rings. The van der Waals surface area contributed by atoms with E-state index in [1.54, 1.807) is 11.8 Å². The van der Waals surface area contributed by atoms with Crippen molar-refractivity contribution < 1.29 is 17.6 Å². The van der Waals surface area contributed by atoms with Crippen molar-refractivity contribution in [1.82, 2.24) is 4.98 Å². The number of alkyl halides is 3. The lowest BCUT2D eigenvalue weighted by atomic mass is 10.3. The number of nitrogens with zero attached hydrogens (tertiary/aromatic N) is 1. The smallest absolute Gasteiger partial charge is 0.433 e. The number of hydrogen-bond donors (Lipinski definition) is 1. The van der Waals surface area contributed by atoms with Crippen LogP contribution in [0.1, 0.15) is 17.2 Å². The van der Waals surface area contributed by atoms with Crippen LogP contribution in [0.3, 0.4) is 0 Å². The lowest BCUT2D eigenvalue weighted by Crippen LogP contribution is -2.08. The van der Waals surface area contributed by atoms with E-state index in [1.807, 2.05) is 18.4 Å². The average Bonchev–Trinajstić information content (AvgIpc) is 2.84. The lowest BCUT2D eigenvalue weighted by molar-refractivity contribution is -0.141. The van der Waals surface area contributed by atoms with Gasteiger partial charge in [-0.15, -0.1) is 0 Å². The van der Waals surface area contributed by atoms with Crippen LogP contribution in [0.4, 0.5) is 18.9 Å². The molecular formula is C13H13F3N2OS. The summed E-state index contributed by atoms with van der Waals surface area (Å²) in [6.45, 7) is 0.404. The van der Waals surface area contributed by atoms with E-state index in [9.17, 15) is 13.2 Å². The first kappa shape index (κ1) is 14.8. The summed E-state index contributed by atoms with van der Waals surface area (Å²) in [7, 11) is 0. The van der Waals surface area contributed by atoms with Crippen molar-refractivity contribution in [2.75, 3.05) is 11.6 Å². The summed E-state index contributed by atoms with van der Waals surface area (Å²) in [5, 5.41) is 2.96. The largest absolute Gasteiger partial charge is 0.463 e. The number of pyridine rings is 1. The maximum absolute atomic E-state index is 12.3. The van der Waals surface area contributed by atoms with Gasteiger partial charge in [-0.3, -0.25) is 0 Å². The van der Waals surface area contributed by atoms with Crippen molar-refractivity contribution in [3.8, 4) is 0 Å². The molecular weight excluding hydrogens is 289 g/mol. The molecule has 0 unspecified atom stereocenters. The summed E-state index contributed by atoms with van der Waals surface area (Å²) in [5.74, 6) is 2.40. The third-order valence-electron chi connectivity index (χ3n) is 2.52. The number of nitrogens with one attached hydrogen (secondary N) is 1. The fraction of sp³-hybridized carbons (Fsp3) is 0.308. The fourth-order valence-corrected chi connectivity index (χ4v) is 2.03. The molecule has 0 aliphatic carbocycles. The van der Waals surface area contributed by atoms with Crippen molar-refractivity contribution in [3.63, 3.8) is 0 Å². The van der Waals surface area contributed by atoms with Crippen molar-refractivity contribution in [2.24, 2.45) is 0 Å². The highest BCUT2D eigenvalue weighted by molar-refractivity contribution is 7.97. The molecule has 3 nitrogen and oxygen atoms in total. The van der Waals surface area contributed by atoms with E-state index < -0.39 is 11.9 Å². The Morgan fingerprint density at radius 3 is 2.55 bits per heavy atom. The molecule has 0 saturated carbocycles. The van der Waals surface area contributed by atoms with Gasteiger partial charge in [-0.05, 0) is 30.5 Å². The van der Waals surface area contributed by atoms with Crippen molar-refractivity contribution in [1.29, 1.82) is 0 Å². The number of aromatic nitrogens is 1. The molecule has 0 aromatic carbocycles. The summed E-state index contributed by atoms with van der Waals surface area (Å²) < 4.78 is 42.6. The molecule has 2 aromatic heterocycles. The zero-order chi connectivity index (χ0) is 14.6. The highest BCUT2D eigenvalue weighted by atomic mass is 32.2. The fourth-order valence-electron chi connectivity index (χ4n) is 1.59. The topological polar surface area (TPSA) is 38.1 Å². The predicted molar refractivity (Wildman–Crippen MR) is 72.5 cm³/mol. The number of halogens is 3. The van der Waals surface area contributed by atoms with Gasteiger partial charge in [0.05, 0.1) is 24.2 Å². The Balaban J connectivity index is 1.93. The minimum absolute atomic E-state index is 0.404. The minimum atomic E-state index is -4.41. The molecule has 108 valence electrons. The quantitative estimate of drug-likeness (QED) is 0.899. The van der Waals surface area contributed by atoms with Crippen LogP contribution < -0.4 is 5.32 Å². The molecule has 2 heterocycles. The van der Waals surface area contributed by atoms with Gasteiger partial charge in [-0.1, -0.05) is 0 Å². The van der Waals surface area contributed by atoms with Gasteiger partial charge in [0.25, 0.3) is 0 Å². The summed E-state index contributed by atoms with van der Waals surface area (Å²) >= 11 is 1.66. The second-order valence-corrected chi connectivity index (χ2v) is 4.95. The Labute approximate surface area is 118 Å². The van der Waals surface area contributed by atoms with Gasteiger partial charge in [-0.2, -0.15) is 24.9 Å². The maximum Gasteiger partial charge on any atom is 0.433 e.